The molecule has 0 bridgehead atoms. The van der Waals surface area contributed by atoms with E-state index in [0.717, 1.165) is 12.1 Å². The van der Waals surface area contributed by atoms with Gasteiger partial charge in [0.25, 0.3) is 0 Å². The molecule has 2 heterocycles. The Labute approximate surface area is 99.3 Å². The average Bonchev–Trinajstić information content (AvgIpc) is 2.39. The molecule has 17 heavy (non-hydrogen) atoms. The van der Waals surface area contributed by atoms with E-state index in [2.05, 4.69) is 5.32 Å². The summed E-state index contributed by atoms with van der Waals surface area (Å²) in [6.45, 7) is 3.27. The van der Waals surface area contributed by atoms with Crippen LogP contribution in [0.5, 0.6) is 17.2 Å². The number of ether oxygens (including phenoxy) is 3. The predicted molar refractivity (Wildman–Crippen MR) is 60.7 cm³/mol. The Kier molecular flexibility index (Phi) is 2.78. The van der Waals surface area contributed by atoms with Gasteiger partial charge in [0.05, 0.1) is 12.7 Å². The molecular formula is C12H15NO4. The summed E-state index contributed by atoms with van der Waals surface area (Å²) in [5, 5.41) is 13.2. The first-order valence-corrected chi connectivity index (χ1v) is 5.79. The van der Waals surface area contributed by atoms with Crippen LogP contribution in [-0.2, 0) is 4.74 Å². The number of phenols is 1. The molecule has 2 aliphatic rings. The monoisotopic (exact) mass is 237 g/mol. The lowest BCUT2D eigenvalue weighted by molar-refractivity contribution is 0.0259. The molecule has 1 aromatic rings. The molecule has 1 aromatic carbocycles. The van der Waals surface area contributed by atoms with Crippen molar-refractivity contribution >= 4 is 0 Å². The van der Waals surface area contributed by atoms with E-state index in [1.165, 1.54) is 0 Å². The van der Waals surface area contributed by atoms with E-state index >= 15 is 0 Å². The maximum absolute atomic E-state index is 9.98. The molecule has 2 N–H and O–H groups in total. The van der Waals surface area contributed by atoms with Gasteiger partial charge < -0.3 is 24.6 Å². The van der Waals surface area contributed by atoms with Crippen LogP contribution < -0.4 is 14.8 Å². The number of hydrogen-bond acceptors (Lipinski definition) is 5. The van der Waals surface area contributed by atoms with E-state index in [9.17, 15) is 5.11 Å². The van der Waals surface area contributed by atoms with E-state index in [1.807, 2.05) is 6.07 Å². The van der Waals surface area contributed by atoms with Gasteiger partial charge in [-0.2, -0.15) is 0 Å². The van der Waals surface area contributed by atoms with Crippen molar-refractivity contribution in [3.8, 4) is 17.2 Å². The summed E-state index contributed by atoms with van der Waals surface area (Å²) in [5.41, 5.74) is 0.751. The second-order valence-electron chi connectivity index (χ2n) is 4.12. The highest BCUT2D eigenvalue weighted by atomic mass is 16.6. The summed E-state index contributed by atoms with van der Waals surface area (Å²) in [7, 11) is 0. The van der Waals surface area contributed by atoms with E-state index in [0.29, 0.717) is 37.9 Å². The van der Waals surface area contributed by atoms with Gasteiger partial charge in [-0.1, -0.05) is 0 Å². The average molecular weight is 237 g/mol. The van der Waals surface area contributed by atoms with Gasteiger partial charge in [0.2, 0.25) is 0 Å². The van der Waals surface area contributed by atoms with Crippen molar-refractivity contribution in [3.63, 3.8) is 0 Å². The number of phenolic OH excluding ortho intramolecular Hbond substituents is 1. The largest absolute Gasteiger partial charge is 0.507 e. The number of morpholine rings is 1. The van der Waals surface area contributed by atoms with Gasteiger partial charge in [-0.15, -0.1) is 0 Å². The lowest BCUT2D eigenvalue weighted by atomic mass is 10.1. The zero-order valence-electron chi connectivity index (χ0n) is 9.44. The summed E-state index contributed by atoms with van der Waals surface area (Å²) >= 11 is 0. The van der Waals surface area contributed by atoms with Crippen molar-refractivity contribution in [2.45, 2.75) is 6.10 Å². The zero-order chi connectivity index (χ0) is 11.7. The molecule has 0 aliphatic carbocycles. The van der Waals surface area contributed by atoms with Crippen LogP contribution in [0, 0.1) is 0 Å². The van der Waals surface area contributed by atoms with Crippen molar-refractivity contribution in [3.05, 3.63) is 17.7 Å². The Morgan fingerprint density at radius 1 is 1.12 bits per heavy atom. The number of aromatic hydroxyl groups is 1. The molecule has 0 aromatic heterocycles. The highest BCUT2D eigenvalue weighted by Gasteiger charge is 2.23. The minimum absolute atomic E-state index is 0.125. The summed E-state index contributed by atoms with van der Waals surface area (Å²) in [6.07, 6.45) is -0.125. The van der Waals surface area contributed by atoms with Gasteiger partial charge in [0, 0.05) is 24.7 Å². The first-order chi connectivity index (χ1) is 8.34. The van der Waals surface area contributed by atoms with Crippen molar-refractivity contribution < 1.29 is 19.3 Å². The molecule has 0 spiro atoms. The first kappa shape index (κ1) is 10.7. The molecule has 1 atom stereocenters. The number of benzene rings is 1. The number of rotatable bonds is 1. The lowest BCUT2D eigenvalue weighted by Crippen LogP contribution is -2.33. The molecule has 92 valence electrons. The predicted octanol–water partition coefficient (Wildman–Crippen LogP) is 0.824. The lowest BCUT2D eigenvalue weighted by Gasteiger charge is -2.26. The molecule has 0 radical (unpaired) electrons. The van der Waals surface area contributed by atoms with Crippen LogP contribution in [0.4, 0.5) is 0 Å². The number of nitrogens with one attached hydrogen (secondary N) is 1. The van der Waals surface area contributed by atoms with Crippen LogP contribution in [0.15, 0.2) is 12.1 Å². The maximum atomic E-state index is 9.98. The molecule has 2 aliphatic heterocycles. The summed E-state index contributed by atoms with van der Waals surface area (Å²) in [4.78, 5) is 0. The topological polar surface area (TPSA) is 60.0 Å². The third-order valence-corrected chi connectivity index (χ3v) is 2.97. The van der Waals surface area contributed by atoms with Crippen LogP contribution in [-0.4, -0.2) is 38.0 Å². The van der Waals surface area contributed by atoms with Gasteiger partial charge in [0.15, 0.2) is 11.5 Å². The molecule has 5 nitrogen and oxygen atoms in total. The Balaban J connectivity index is 1.93. The van der Waals surface area contributed by atoms with Gasteiger partial charge in [0.1, 0.15) is 19.0 Å². The fourth-order valence-electron chi connectivity index (χ4n) is 2.12. The Bertz CT molecular complexity index is 415. The molecule has 0 saturated carbocycles. The normalized spacial score (nSPS) is 23.4. The fraction of sp³-hybridized carbons (Fsp3) is 0.500. The van der Waals surface area contributed by atoms with Gasteiger partial charge in [-0.25, -0.2) is 0 Å². The van der Waals surface area contributed by atoms with Crippen molar-refractivity contribution in [2.24, 2.45) is 0 Å². The minimum Gasteiger partial charge on any atom is -0.507 e. The Morgan fingerprint density at radius 3 is 2.59 bits per heavy atom. The van der Waals surface area contributed by atoms with Gasteiger partial charge in [-0.05, 0) is 6.07 Å². The summed E-state index contributed by atoms with van der Waals surface area (Å²) in [5.74, 6) is 1.47. The third-order valence-electron chi connectivity index (χ3n) is 2.97. The van der Waals surface area contributed by atoms with Crippen LogP contribution >= 0.6 is 0 Å². The van der Waals surface area contributed by atoms with E-state index < -0.39 is 0 Å². The molecule has 1 saturated heterocycles. The van der Waals surface area contributed by atoms with Gasteiger partial charge >= 0.3 is 0 Å². The van der Waals surface area contributed by atoms with E-state index in [4.69, 9.17) is 14.2 Å². The Morgan fingerprint density at radius 2 is 1.88 bits per heavy atom. The van der Waals surface area contributed by atoms with Crippen LogP contribution in [0.2, 0.25) is 0 Å². The Hall–Kier alpha value is -1.46. The molecule has 1 fully saturated rings. The standard InChI is InChI=1S/C12H15NO4/c14-9-6-11-10(16-3-4-17-11)5-8(9)12-7-13-1-2-15-12/h5-6,12-14H,1-4,7H2. The smallest absolute Gasteiger partial charge is 0.165 e. The van der Waals surface area contributed by atoms with Crippen LogP contribution in [0.25, 0.3) is 0 Å². The quantitative estimate of drug-likeness (QED) is 0.757. The van der Waals surface area contributed by atoms with Crippen molar-refractivity contribution in [1.29, 1.82) is 0 Å². The molecule has 0 amide bonds. The number of hydrogen-bond donors (Lipinski definition) is 2. The minimum atomic E-state index is -0.125. The van der Waals surface area contributed by atoms with E-state index in [-0.39, 0.29) is 11.9 Å². The first-order valence-electron chi connectivity index (χ1n) is 5.79. The summed E-state index contributed by atoms with van der Waals surface area (Å²) in [6, 6.07) is 3.41. The highest BCUT2D eigenvalue weighted by molar-refractivity contribution is 5.51. The van der Waals surface area contributed by atoms with Gasteiger partial charge in [-0.3, -0.25) is 0 Å². The van der Waals surface area contributed by atoms with Crippen molar-refractivity contribution in [1.82, 2.24) is 5.32 Å². The van der Waals surface area contributed by atoms with Crippen LogP contribution in [0.1, 0.15) is 11.7 Å². The fourth-order valence-corrected chi connectivity index (χ4v) is 2.12. The highest BCUT2D eigenvalue weighted by Crippen LogP contribution is 2.39. The molecule has 1 unspecified atom stereocenters. The second kappa shape index (κ2) is 4.43. The SMILES string of the molecule is Oc1cc2c(cc1C1CNCCO1)OCCO2. The molecule has 3 rings (SSSR count). The molecular weight excluding hydrogens is 222 g/mol. The molecule has 5 heteroatoms. The zero-order valence-corrected chi connectivity index (χ0v) is 9.44. The number of fused-ring (bicyclic) bond motifs is 1. The van der Waals surface area contributed by atoms with E-state index in [1.54, 1.807) is 6.07 Å². The third kappa shape index (κ3) is 2.03. The summed E-state index contributed by atoms with van der Waals surface area (Å²) < 4.78 is 16.5. The van der Waals surface area contributed by atoms with Crippen molar-refractivity contribution in [2.75, 3.05) is 32.9 Å². The maximum Gasteiger partial charge on any atom is 0.165 e. The second-order valence-corrected chi connectivity index (χ2v) is 4.12. The van der Waals surface area contributed by atoms with Crippen LogP contribution in [0.3, 0.4) is 0 Å².